The highest BCUT2D eigenvalue weighted by atomic mass is 35.5. The highest BCUT2D eigenvalue weighted by Crippen LogP contribution is 2.23. The molecule has 31 heavy (non-hydrogen) atoms. The molecule has 0 aliphatic heterocycles. The lowest BCUT2D eigenvalue weighted by molar-refractivity contribution is -0.123. The standard InChI is InChI=1S/C21H17ClF2N2O4S/c1-11-19(31-18(25-11)10-29-15-6-3-13(22)4-7-15)21(28)30-12(2)20(27)26-17-8-5-14(23)9-16(17)24/h3-9,12H,10H2,1-2H3,(H,26,27). The molecule has 0 fully saturated rings. The van der Waals surface area contributed by atoms with Crippen LogP contribution in [0.3, 0.4) is 0 Å². The van der Waals surface area contributed by atoms with E-state index in [4.69, 9.17) is 21.1 Å². The molecule has 1 aromatic heterocycles. The summed E-state index contributed by atoms with van der Waals surface area (Å²) in [6.07, 6.45) is -1.22. The minimum Gasteiger partial charge on any atom is -0.486 e. The summed E-state index contributed by atoms with van der Waals surface area (Å²) in [5.41, 5.74) is 0.215. The molecule has 1 atom stereocenters. The zero-order valence-electron chi connectivity index (χ0n) is 16.4. The highest BCUT2D eigenvalue weighted by molar-refractivity contribution is 7.13. The quantitative estimate of drug-likeness (QED) is 0.487. The lowest BCUT2D eigenvalue weighted by Crippen LogP contribution is -2.30. The smallest absolute Gasteiger partial charge is 0.351 e. The Morgan fingerprint density at radius 1 is 1.19 bits per heavy atom. The summed E-state index contributed by atoms with van der Waals surface area (Å²) >= 11 is 6.91. The molecule has 1 N–H and O–H groups in total. The number of ether oxygens (including phenoxy) is 2. The van der Waals surface area contributed by atoms with Crippen LogP contribution in [-0.2, 0) is 16.1 Å². The molecular formula is C21H17ClF2N2O4S. The van der Waals surface area contributed by atoms with Crippen LogP contribution in [0.4, 0.5) is 14.5 Å². The monoisotopic (exact) mass is 466 g/mol. The second-order valence-corrected chi connectivity index (χ2v) is 7.95. The van der Waals surface area contributed by atoms with Crippen molar-refractivity contribution in [3.05, 3.63) is 74.7 Å². The van der Waals surface area contributed by atoms with Gasteiger partial charge in [0.15, 0.2) is 6.10 Å². The van der Waals surface area contributed by atoms with Crippen LogP contribution >= 0.6 is 22.9 Å². The van der Waals surface area contributed by atoms with Crippen molar-refractivity contribution in [1.82, 2.24) is 4.98 Å². The number of nitrogens with one attached hydrogen (secondary N) is 1. The largest absolute Gasteiger partial charge is 0.486 e. The van der Waals surface area contributed by atoms with Crippen molar-refractivity contribution >= 4 is 40.5 Å². The maximum absolute atomic E-state index is 13.7. The molecule has 1 amide bonds. The molecule has 6 nitrogen and oxygen atoms in total. The molecule has 10 heteroatoms. The number of thiazole rings is 1. The second kappa shape index (κ2) is 9.84. The van der Waals surface area contributed by atoms with Crippen molar-refractivity contribution < 1.29 is 27.8 Å². The predicted molar refractivity (Wildman–Crippen MR) is 113 cm³/mol. The van der Waals surface area contributed by atoms with Gasteiger partial charge in [-0.3, -0.25) is 4.79 Å². The molecule has 0 bridgehead atoms. The Labute approximate surface area is 185 Å². The Bertz CT molecular complexity index is 1110. The molecule has 2 aromatic carbocycles. The van der Waals surface area contributed by atoms with Crippen LogP contribution < -0.4 is 10.1 Å². The molecule has 1 heterocycles. The third kappa shape index (κ3) is 5.99. The molecule has 0 spiro atoms. The van der Waals surface area contributed by atoms with Crippen LogP contribution in [0.2, 0.25) is 5.02 Å². The SMILES string of the molecule is Cc1nc(COc2ccc(Cl)cc2)sc1C(=O)OC(C)C(=O)Nc1ccc(F)cc1F. The van der Waals surface area contributed by atoms with Gasteiger partial charge in [0.1, 0.15) is 33.9 Å². The van der Waals surface area contributed by atoms with Gasteiger partial charge >= 0.3 is 5.97 Å². The number of benzene rings is 2. The summed E-state index contributed by atoms with van der Waals surface area (Å²) < 4.78 is 37.4. The summed E-state index contributed by atoms with van der Waals surface area (Å²) in [5.74, 6) is -2.61. The number of hydrogen-bond donors (Lipinski definition) is 1. The number of anilines is 1. The van der Waals surface area contributed by atoms with Gasteiger partial charge in [-0.1, -0.05) is 11.6 Å². The van der Waals surface area contributed by atoms with Gasteiger partial charge in [0, 0.05) is 11.1 Å². The van der Waals surface area contributed by atoms with Crippen LogP contribution in [0.5, 0.6) is 5.75 Å². The van der Waals surface area contributed by atoms with Gasteiger partial charge < -0.3 is 14.8 Å². The van der Waals surface area contributed by atoms with E-state index >= 15 is 0 Å². The average Bonchev–Trinajstić information content (AvgIpc) is 3.10. The topological polar surface area (TPSA) is 77.5 Å². The molecule has 0 saturated carbocycles. The summed E-state index contributed by atoms with van der Waals surface area (Å²) in [6.45, 7) is 3.12. The number of aryl methyl sites for hydroxylation is 1. The minimum atomic E-state index is -1.22. The number of esters is 1. The van der Waals surface area contributed by atoms with Crippen LogP contribution in [0, 0.1) is 18.6 Å². The number of halogens is 3. The molecule has 0 aliphatic rings. The average molecular weight is 467 g/mol. The third-order valence-corrected chi connectivity index (χ3v) is 5.41. The van der Waals surface area contributed by atoms with E-state index in [0.29, 0.717) is 27.5 Å². The van der Waals surface area contributed by atoms with Gasteiger partial charge in [-0.25, -0.2) is 18.6 Å². The molecule has 3 aromatic rings. The van der Waals surface area contributed by atoms with E-state index in [0.717, 1.165) is 23.5 Å². The molecular weight excluding hydrogens is 450 g/mol. The maximum Gasteiger partial charge on any atom is 0.351 e. The molecule has 0 radical (unpaired) electrons. The Balaban J connectivity index is 1.59. The molecule has 0 aliphatic carbocycles. The van der Waals surface area contributed by atoms with Crippen LogP contribution in [0.1, 0.15) is 27.3 Å². The van der Waals surface area contributed by atoms with Crippen molar-refractivity contribution in [2.75, 3.05) is 5.32 Å². The van der Waals surface area contributed by atoms with Gasteiger partial charge in [-0.05, 0) is 50.2 Å². The normalized spacial score (nSPS) is 11.6. The first-order valence-electron chi connectivity index (χ1n) is 9.04. The van der Waals surface area contributed by atoms with Crippen molar-refractivity contribution in [2.45, 2.75) is 26.6 Å². The predicted octanol–water partition coefficient (Wildman–Crippen LogP) is 5.15. The Kier molecular flexibility index (Phi) is 7.19. The fourth-order valence-electron chi connectivity index (χ4n) is 2.47. The van der Waals surface area contributed by atoms with E-state index in [1.807, 2.05) is 0 Å². The number of amides is 1. The van der Waals surface area contributed by atoms with Crippen LogP contribution in [0.15, 0.2) is 42.5 Å². The lowest BCUT2D eigenvalue weighted by atomic mass is 10.2. The molecule has 3 rings (SSSR count). The Morgan fingerprint density at radius 2 is 1.90 bits per heavy atom. The zero-order chi connectivity index (χ0) is 22.5. The van der Waals surface area contributed by atoms with Crippen LogP contribution in [0.25, 0.3) is 0 Å². The summed E-state index contributed by atoms with van der Waals surface area (Å²) in [5, 5.41) is 3.39. The van der Waals surface area contributed by atoms with Crippen LogP contribution in [-0.4, -0.2) is 23.0 Å². The Morgan fingerprint density at radius 3 is 2.58 bits per heavy atom. The summed E-state index contributed by atoms with van der Waals surface area (Å²) in [6, 6.07) is 9.53. The van der Waals surface area contributed by atoms with Gasteiger partial charge in [-0.2, -0.15) is 0 Å². The minimum absolute atomic E-state index is 0.139. The van der Waals surface area contributed by atoms with Crippen molar-refractivity contribution in [2.24, 2.45) is 0 Å². The summed E-state index contributed by atoms with van der Waals surface area (Å²) in [7, 11) is 0. The van der Waals surface area contributed by atoms with Gasteiger partial charge in [-0.15, -0.1) is 11.3 Å². The van der Waals surface area contributed by atoms with E-state index in [1.165, 1.54) is 6.92 Å². The number of hydrogen-bond acceptors (Lipinski definition) is 6. The highest BCUT2D eigenvalue weighted by Gasteiger charge is 2.23. The third-order valence-electron chi connectivity index (χ3n) is 4.04. The molecule has 162 valence electrons. The molecule has 0 saturated heterocycles. The first-order valence-corrected chi connectivity index (χ1v) is 10.2. The van der Waals surface area contributed by atoms with Gasteiger partial charge in [0.05, 0.1) is 11.4 Å². The van der Waals surface area contributed by atoms with E-state index in [-0.39, 0.29) is 17.2 Å². The van der Waals surface area contributed by atoms with E-state index < -0.39 is 29.6 Å². The zero-order valence-corrected chi connectivity index (χ0v) is 18.0. The Hall–Kier alpha value is -3.04. The fraction of sp³-hybridized carbons (Fsp3) is 0.190. The number of carbonyl (C=O) groups is 2. The van der Waals surface area contributed by atoms with Gasteiger partial charge in [0.2, 0.25) is 0 Å². The maximum atomic E-state index is 13.7. The first kappa shape index (κ1) is 22.6. The second-order valence-electron chi connectivity index (χ2n) is 6.43. The van der Waals surface area contributed by atoms with Crippen molar-refractivity contribution in [1.29, 1.82) is 0 Å². The van der Waals surface area contributed by atoms with E-state index in [9.17, 15) is 18.4 Å². The number of aromatic nitrogens is 1. The number of rotatable bonds is 7. The van der Waals surface area contributed by atoms with E-state index in [2.05, 4.69) is 10.3 Å². The van der Waals surface area contributed by atoms with E-state index in [1.54, 1.807) is 31.2 Å². The first-order chi connectivity index (χ1) is 14.7. The van der Waals surface area contributed by atoms with Crippen molar-refractivity contribution in [3.63, 3.8) is 0 Å². The molecule has 1 unspecified atom stereocenters. The van der Waals surface area contributed by atoms with Crippen molar-refractivity contribution in [3.8, 4) is 5.75 Å². The summed E-state index contributed by atoms with van der Waals surface area (Å²) in [4.78, 5) is 29.2. The van der Waals surface area contributed by atoms with Gasteiger partial charge in [0.25, 0.3) is 5.91 Å². The number of carbonyl (C=O) groups excluding carboxylic acids is 2. The lowest BCUT2D eigenvalue weighted by Gasteiger charge is -2.13. The number of nitrogens with zero attached hydrogens (tertiary/aromatic N) is 1. The fourth-order valence-corrected chi connectivity index (χ4v) is 3.46.